The first-order valence-corrected chi connectivity index (χ1v) is 6.58. The number of nitrogens with one attached hydrogen (secondary N) is 1. The van der Waals surface area contributed by atoms with Crippen molar-refractivity contribution in [2.45, 2.75) is 44.2 Å². The summed E-state index contributed by atoms with van der Waals surface area (Å²) in [4.78, 5) is 2.39. The fourth-order valence-corrected chi connectivity index (χ4v) is 2.80. The molecule has 0 amide bonds. The van der Waals surface area contributed by atoms with Crippen LogP contribution in [0.5, 0.6) is 0 Å². The van der Waals surface area contributed by atoms with Gasteiger partial charge in [0, 0.05) is 12.1 Å². The maximum Gasteiger partial charge on any atom is 0.120 e. The quantitative estimate of drug-likeness (QED) is 0.852. The minimum atomic E-state index is 0.294. The Morgan fingerprint density at radius 1 is 1.41 bits per heavy atom. The minimum Gasteiger partial charge on any atom is -0.468 e. The molecule has 0 spiro atoms. The van der Waals surface area contributed by atoms with Gasteiger partial charge in [-0.05, 0) is 46.0 Å². The second-order valence-corrected chi connectivity index (χ2v) is 5.44. The van der Waals surface area contributed by atoms with E-state index in [0.29, 0.717) is 11.6 Å². The van der Waals surface area contributed by atoms with Crippen LogP contribution in [-0.4, -0.2) is 31.1 Å². The lowest BCUT2D eigenvalue weighted by Crippen LogP contribution is -2.49. The summed E-state index contributed by atoms with van der Waals surface area (Å²) >= 11 is 0. The predicted octanol–water partition coefficient (Wildman–Crippen LogP) is 2.80. The average molecular weight is 236 g/mol. The summed E-state index contributed by atoms with van der Waals surface area (Å²) < 4.78 is 5.43. The number of hydrogen-bond donors (Lipinski definition) is 1. The van der Waals surface area contributed by atoms with Crippen molar-refractivity contribution in [1.29, 1.82) is 0 Å². The lowest BCUT2D eigenvalue weighted by Gasteiger charge is -2.37. The van der Waals surface area contributed by atoms with Crippen molar-refractivity contribution in [3.05, 3.63) is 24.2 Å². The van der Waals surface area contributed by atoms with Crippen molar-refractivity contribution in [3.8, 4) is 0 Å². The van der Waals surface area contributed by atoms with Crippen molar-refractivity contribution in [1.82, 2.24) is 10.2 Å². The SMILES string of the molecule is CC(NCC1(N(C)C)CCCC1)c1ccco1. The zero-order valence-corrected chi connectivity index (χ0v) is 11.2. The summed E-state index contributed by atoms with van der Waals surface area (Å²) in [5, 5.41) is 3.61. The topological polar surface area (TPSA) is 28.4 Å². The van der Waals surface area contributed by atoms with Gasteiger partial charge in [-0.1, -0.05) is 12.8 Å². The van der Waals surface area contributed by atoms with Gasteiger partial charge in [-0.15, -0.1) is 0 Å². The third-order valence-corrected chi connectivity index (χ3v) is 4.19. The van der Waals surface area contributed by atoms with Gasteiger partial charge in [0.15, 0.2) is 0 Å². The Morgan fingerprint density at radius 2 is 2.12 bits per heavy atom. The fraction of sp³-hybridized carbons (Fsp3) is 0.714. The summed E-state index contributed by atoms with van der Waals surface area (Å²) in [7, 11) is 4.40. The molecule has 1 fully saturated rings. The molecule has 1 aromatic heterocycles. The van der Waals surface area contributed by atoms with Crippen LogP contribution in [-0.2, 0) is 0 Å². The molecule has 3 nitrogen and oxygen atoms in total. The molecule has 1 aromatic rings. The minimum absolute atomic E-state index is 0.294. The van der Waals surface area contributed by atoms with E-state index in [2.05, 4.69) is 31.2 Å². The first-order chi connectivity index (χ1) is 8.14. The summed E-state index contributed by atoms with van der Waals surface area (Å²) in [6.07, 6.45) is 7.06. The summed E-state index contributed by atoms with van der Waals surface area (Å²) in [6.45, 7) is 3.21. The molecule has 0 radical (unpaired) electrons. The molecule has 1 atom stereocenters. The molecule has 0 bridgehead atoms. The van der Waals surface area contributed by atoms with Gasteiger partial charge in [-0.25, -0.2) is 0 Å². The molecule has 1 heterocycles. The lowest BCUT2D eigenvalue weighted by molar-refractivity contribution is 0.148. The Hall–Kier alpha value is -0.800. The Kier molecular flexibility index (Phi) is 3.89. The zero-order chi connectivity index (χ0) is 12.3. The number of nitrogens with zero attached hydrogens (tertiary/aromatic N) is 1. The van der Waals surface area contributed by atoms with Gasteiger partial charge in [0.05, 0.1) is 12.3 Å². The van der Waals surface area contributed by atoms with E-state index in [1.165, 1.54) is 25.7 Å². The van der Waals surface area contributed by atoms with Crippen LogP contribution in [0.25, 0.3) is 0 Å². The normalized spacial score (nSPS) is 20.9. The van der Waals surface area contributed by atoms with Crippen LogP contribution in [0.2, 0.25) is 0 Å². The van der Waals surface area contributed by atoms with E-state index in [4.69, 9.17) is 4.42 Å². The van der Waals surface area contributed by atoms with Crippen LogP contribution in [0, 0.1) is 0 Å². The van der Waals surface area contributed by atoms with Crippen molar-refractivity contribution in [3.63, 3.8) is 0 Å². The molecule has 0 aliphatic heterocycles. The van der Waals surface area contributed by atoms with Gasteiger partial charge < -0.3 is 14.6 Å². The highest BCUT2D eigenvalue weighted by Crippen LogP contribution is 2.33. The van der Waals surface area contributed by atoms with E-state index in [1.807, 2.05) is 12.1 Å². The van der Waals surface area contributed by atoms with E-state index >= 15 is 0 Å². The highest BCUT2D eigenvalue weighted by Gasteiger charge is 2.35. The molecule has 1 aliphatic carbocycles. The molecule has 1 aliphatic rings. The molecular formula is C14H24N2O. The molecule has 1 saturated carbocycles. The van der Waals surface area contributed by atoms with E-state index in [1.54, 1.807) is 6.26 Å². The van der Waals surface area contributed by atoms with Crippen LogP contribution in [0.15, 0.2) is 22.8 Å². The maximum atomic E-state index is 5.43. The molecular weight excluding hydrogens is 212 g/mol. The van der Waals surface area contributed by atoms with Gasteiger partial charge in [-0.2, -0.15) is 0 Å². The van der Waals surface area contributed by atoms with Crippen LogP contribution in [0.1, 0.15) is 44.4 Å². The smallest absolute Gasteiger partial charge is 0.120 e. The van der Waals surface area contributed by atoms with Crippen LogP contribution < -0.4 is 5.32 Å². The van der Waals surface area contributed by atoms with E-state index in [0.717, 1.165) is 12.3 Å². The Morgan fingerprint density at radius 3 is 2.65 bits per heavy atom. The van der Waals surface area contributed by atoms with Gasteiger partial charge in [0.25, 0.3) is 0 Å². The Bertz CT molecular complexity index is 326. The van der Waals surface area contributed by atoms with Gasteiger partial charge in [0.2, 0.25) is 0 Å². The van der Waals surface area contributed by atoms with Crippen molar-refractivity contribution < 1.29 is 4.42 Å². The van der Waals surface area contributed by atoms with Crippen molar-refractivity contribution in [2.75, 3.05) is 20.6 Å². The number of furan rings is 1. The van der Waals surface area contributed by atoms with E-state index in [-0.39, 0.29) is 0 Å². The number of likely N-dealkylation sites (N-methyl/N-ethyl adjacent to an activating group) is 1. The highest BCUT2D eigenvalue weighted by molar-refractivity contribution is 5.04. The molecule has 3 heteroatoms. The summed E-state index contributed by atoms with van der Waals surface area (Å²) in [5.41, 5.74) is 0.348. The van der Waals surface area contributed by atoms with Crippen molar-refractivity contribution >= 4 is 0 Å². The molecule has 17 heavy (non-hydrogen) atoms. The summed E-state index contributed by atoms with van der Waals surface area (Å²) in [5.74, 6) is 1.02. The Balaban J connectivity index is 1.92. The van der Waals surface area contributed by atoms with E-state index in [9.17, 15) is 0 Å². The highest BCUT2D eigenvalue weighted by atomic mass is 16.3. The molecule has 0 aromatic carbocycles. The largest absolute Gasteiger partial charge is 0.468 e. The zero-order valence-electron chi connectivity index (χ0n) is 11.2. The van der Waals surface area contributed by atoms with Crippen LogP contribution in [0.3, 0.4) is 0 Å². The molecule has 2 rings (SSSR count). The van der Waals surface area contributed by atoms with Crippen LogP contribution in [0.4, 0.5) is 0 Å². The second kappa shape index (κ2) is 5.23. The molecule has 1 N–H and O–H groups in total. The second-order valence-electron chi connectivity index (χ2n) is 5.44. The van der Waals surface area contributed by atoms with Gasteiger partial charge >= 0.3 is 0 Å². The third kappa shape index (κ3) is 2.72. The van der Waals surface area contributed by atoms with Crippen LogP contribution >= 0.6 is 0 Å². The molecule has 1 unspecified atom stereocenters. The number of hydrogen-bond acceptors (Lipinski definition) is 3. The van der Waals surface area contributed by atoms with E-state index < -0.39 is 0 Å². The number of rotatable bonds is 5. The standard InChI is InChI=1S/C14H24N2O/c1-12(13-7-6-10-17-13)15-11-14(16(2)3)8-4-5-9-14/h6-7,10,12,15H,4-5,8-9,11H2,1-3H3. The van der Waals surface area contributed by atoms with Gasteiger partial charge in [0.1, 0.15) is 5.76 Å². The first-order valence-electron chi connectivity index (χ1n) is 6.58. The lowest BCUT2D eigenvalue weighted by atomic mass is 9.95. The van der Waals surface area contributed by atoms with Crippen molar-refractivity contribution in [2.24, 2.45) is 0 Å². The molecule has 0 saturated heterocycles. The first kappa shape index (κ1) is 12.7. The molecule has 96 valence electrons. The summed E-state index contributed by atoms with van der Waals surface area (Å²) in [6, 6.07) is 4.28. The fourth-order valence-electron chi connectivity index (χ4n) is 2.80. The predicted molar refractivity (Wildman–Crippen MR) is 70.0 cm³/mol. The average Bonchev–Trinajstić information content (AvgIpc) is 2.97. The Labute approximate surface area is 104 Å². The monoisotopic (exact) mass is 236 g/mol. The van der Waals surface area contributed by atoms with Gasteiger partial charge in [-0.3, -0.25) is 0 Å². The third-order valence-electron chi connectivity index (χ3n) is 4.19. The maximum absolute atomic E-state index is 5.43.